The minimum atomic E-state index is -0.542. The zero-order valence-electron chi connectivity index (χ0n) is 22.2. The molecule has 0 spiro atoms. The van der Waals surface area contributed by atoms with E-state index in [1.807, 2.05) is 13.8 Å². The van der Waals surface area contributed by atoms with Gasteiger partial charge in [0, 0.05) is 25.8 Å². The van der Waals surface area contributed by atoms with Crippen LogP contribution in [0.25, 0.3) is 0 Å². The van der Waals surface area contributed by atoms with E-state index >= 15 is 0 Å². The fraction of sp³-hybridized carbons (Fsp3) is 0.714. The van der Waals surface area contributed by atoms with Gasteiger partial charge in [-0.15, -0.1) is 0 Å². The third kappa shape index (κ3) is 5.79. The van der Waals surface area contributed by atoms with Crippen LogP contribution in [-0.4, -0.2) is 50.3 Å². The Labute approximate surface area is 213 Å². The number of fused-ring (bicyclic) bond motifs is 2. The van der Waals surface area contributed by atoms with E-state index in [0.29, 0.717) is 12.5 Å². The van der Waals surface area contributed by atoms with E-state index < -0.39 is 11.4 Å². The number of hydrogen-bond donors (Lipinski definition) is 2. The van der Waals surface area contributed by atoms with Crippen molar-refractivity contribution in [2.45, 2.75) is 83.5 Å². The lowest BCUT2D eigenvalue weighted by Gasteiger charge is -2.32. The number of benzene rings is 1. The van der Waals surface area contributed by atoms with Gasteiger partial charge in [-0.3, -0.25) is 9.59 Å². The van der Waals surface area contributed by atoms with Crippen molar-refractivity contribution in [1.82, 2.24) is 10.6 Å². The van der Waals surface area contributed by atoms with Crippen LogP contribution in [0.4, 0.5) is 4.39 Å². The summed E-state index contributed by atoms with van der Waals surface area (Å²) in [4.78, 5) is 26.6. The van der Waals surface area contributed by atoms with Gasteiger partial charge in [-0.05, 0) is 82.6 Å². The van der Waals surface area contributed by atoms with Gasteiger partial charge in [0.05, 0.1) is 30.3 Å². The van der Waals surface area contributed by atoms with E-state index in [2.05, 4.69) is 17.6 Å². The fourth-order valence-corrected chi connectivity index (χ4v) is 6.09. The summed E-state index contributed by atoms with van der Waals surface area (Å²) in [5.74, 6) is 0.0993. The predicted octanol–water partition coefficient (Wildman–Crippen LogP) is 4.48. The average molecular weight is 505 g/mol. The van der Waals surface area contributed by atoms with Crippen molar-refractivity contribution >= 4 is 11.8 Å². The van der Waals surface area contributed by atoms with Gasteiger partial charge >= 0.3 is 0 Å². The highest BCUT2D eigenvalue weighted by molar-refractivity contribution is 5.98. The van der Waals surface area contributed by atoms with Gasteiger partial charge in [0.25, 0.3) is 5.91 Å². The molecule has 1 aromatic carbocycles. The van der Waals surface area contributed by atoms with Crippen molar-refractivity contribution in [2.24, 2.45) is 23.7 Å². The Bertz CT molecular complexity index is 960. The summed E-state index contributed by atoms with van der Waals surface area (Å²) in [7, 11) is 3.04. The largest absolute Gasteiger partial charge is 0.496 e. The Morgan fingerprint density at radius 3 is 2.39 bits per heavy atom. The Morgan fingerprint density at radius 2 is 1.72 bits per heavy atom. The van der Waals surface area contributed by atoms with Gasteiger partial charge in [-0.2, -0.15) is 0 Å². The molecular weight excluding hydrogens is 463 g/mol. The third-order valence-corrected chi connectivity index (χ3v) is 8.51. The minimum absolute atomic E-state index is 0.0563. The average Bonchev–Trinajstić information content (AvgIpc) is 3.47. The normalized spacial score (nSPS) is 29.6. The van der Waals surface area contributed by atoms with Crippen LogP contribution in [0, 0.1) is 29.5 Å². The van der Waals surface area contributed by atoms with Crippen molar-refractivity contribution in [1.29, 1.82) is 0 Å². The number of halogens is 1. The Morgan fingerprint density at radius 1 is 1.03 bits per heavy atom. The summed E-state index contributed by atoms with van der Waals surface area (Å²) >= 11 is 0. The second-order valence-corrected chi connectivity index (χ2v) is 11.5. The van der Waals surface area contributed by atoms with Gasteiger partial charge in [0.1, 0.15) is 5.75 Å². The highest BCUT2D eigenvalue weighted by Crippen LogP contribution is 2.49. The first-order chi connectivity index (χ1) is 17.1. The molecule has 0 unspecified atom stereocenters. The molecule has 8 heteroatoms. The zero-order chi connectivity index (χ0) is 26.0. The number of rotatable bonds is 9. The van der Waals surface area contributed by atoms with E-state index in [1.165, 1.54) is 19.2 Å². The summed E-state index contributed by atoms with van der Waals surface area (Å²) in [6, 6.07) is 2.39. The molecule has 0 saturated heterocycles. The molecule has 7 nitrogen and oxygen atoms in total. The first-order valence-electron chi connectivity index (χ1n) is 13.3. The molecule has 2 N–H and O–H groups in total. The molecule has 3 aliphatic rings. The molecule has 0 heterocycles. The smallest absolute Gasteiger partial charge is 0.255 e. The van der Waals surface area contributed by atoms with Gasteiger partial charge in [0.2, 0.25) is 5.91 Å². The summed E-state index contributed by atoms with van der Waals surface area (Å²) < 4.78 is 31.6. The topological polar surface area (TPSA) is 85.9 Å². The van der Waals surface area contributed by atoms with Gasteiger partial charge in [0.15, 0.2) is 11.6 Å². The second kappa shape index (κ2) is 11.0. The predicted molar refractivity (Wildman–Crippen MR) is 135 cm³/mol. The van der Waals surface area contributed by atoms with Crippen molar-refractivity contribution in [3.8, 4) is 11.5 Å². The number of ether oxygens (including phenoxy) is 3. The van der Waals surface area contributed by atoms with E-state index in [4.69, 9.17) is 14.2 Å². The summed E-state index contributed by atoms with van der Waals surface area (Å²) in [5, 5.41) is 6.13. The summed E-state index contributed by atoms with van der Waals surface area (Å²) in [6.45, 7) is 6.45. The van der Waals surface area contributed by atoms with Gasteiger partial charge < -0.3 is 24.8 Å². The highest BCUT2D eigenvalue weighted by atomic mass is 19.1. The maximum absolute atomic E-state index is 14.8. The van der Waals surface area contributed by atoms with Crippen LogP contribution in [0.15, 0.2) is 12.1 Å². The molecule has 4 atom stereocenters. The number of carbonyl (C=O) groups is 2. The van der Waals surface area contributed by atoms with Crippen LogP contribution < -0.4 is 20.1 Å². The van der Waals surface area contributed by atoms with Crippen LogP contribution in [0.5, 0.6) is 11.5 Å². The lowest BCUT2D eigenvalue weighted by Crippen LogP contribution is -2.51. The van der Waals surface area contributed by atoms with E-state index in [9.17, 15) is 14.0 Å². The standard InChI is InChI=1S/C28H41FN2O5/c1-16-6-10-19(11-7-16)36-23-13-20(22(34-4)14-21(23)29)26(32)31-25-18-9-8-17(12-18)24(25)27(33)30-15-28(2,3)35-5/h13-14,16-19,24-25H,6-12,15H2,1-5H3,(H,30,33)(H,31,32)/t16?,17-,18+,19?,24+,25-/m1/s1. The quantitative estimate of drug-likeness (QED) is 0.518. The Kier molecular flexibility index (Phi) is 8.12. The SMILES string of the molecule is COc1cc(F)c(OC2CCC(C)CC2)cc1C(=O)N[C@@H]1[C@H]2CC[C@H](C2)[C@@H]1C(=O)NCC(C)(C)OC. The number of carbonyl (C=O) groups excluding carboxylic acids is 2. The third-order valence-electron chi connectivity index (χ3n) is 8.51. The molecule has 0 aromatic heterocycles. The van der Waals surface area contributed by atoms with Crippen molar-refractivity contribution in [2.75, 3.05) is 20.8 Å². The van der Waals surface area contributed by atoms with Gasteiger partial charge in [-0.25, -0.2) is 4.39 Å². The van der Waals surface area contributed by atoms with Crippen LogP contribution in [0.2, 0.25) is 0 Å². The highest BCUT2D eigenvalue weighted by Gasteiger charge is 2.51. The van der Waals surface area contributed by atoms with Crippen LogP contribution in [0.3, 0.4) is 0 Å². The Balaban J connectivity index is 1.49. The molecule has 200 valence electrons. The molecular formula is C28H41FN2O5. The summed E-state index contributed by atoms with van der Waals surface area (Å²) in [6.07, 6.45) is 6.67. The Hall–Kier alpha value is -2.35. The molecule has 36 heavy (non-hydrogen) atoms. The number of amides is 2. The molecule has 2 amide bonds. The number of hydrogen-bond acceptors (Lipinski definition) is 5. The molecule has 3 saturated carbocycles. The first-order valence-corrected chi connectivity index (χ1v) is 13.3. The van der Waals surface area contributed by atoms with E-state index in [0.717, 1.165) is 44.9 Å². The number of methoxy groups -OCH3 is 2. The lowest BCUT2D eigenvalue weighted by molar-refractivity contribution is -0.128. The molecule has 3 aliphatic carbocycles. The second-order valence-electron chi connectivity index (χ2n) is 11.5. The molecule has 1 aromatic rings. The summed E-state index contributed by atoms with van der Waals surface area (Å²) in [5.41, 5.74) is -0.249. The fourth-order valence-electron chi connectivity index (χ4n) is 6.09. The minimum Gasteiger partial charge on any atom is -0.496 e. The monoisotopic (exact) mass is 504 g/mol. The zero-order valence-corrected chi connectivity index (χ0v) is 22.2. The molecule has 0 aliphatic heterocycles. The van der Waals surface area contributed by atoms with E-state index in [1.54, 1.807) is 7.11 Å². The van der Waals surface area contributed by atoms with Crippen LogP contribution in [0.1, 0.15) is 76.1 Å². The molecule has 3 fully saturated rings. The first kappa shape index (κ1) is 26.7. The molecule has 2 bridgehead atoms. The maximum Gasteiger partial charge on any atom is 0.255 e. The van der Waals surface area contributed by atoms with Crippen molar-refractivity contribution in [3.63, 3.8) is 0 Å². The number of nitrogens with one attached hydrogen (secondary N) is 2. The maximum atomic E-state index is 14.8. The molecule has 0 radical (unpaired) electrons. The lowest BCUT2D eigenvalue weighted by atomic mass is 9.83. The van der Waals surface area contributed by atoms with Crippen LogP contribution >= 0.6 is 0 Å². The van der Waals surface area contributed by atoms with Gasteiger partial charge in [-0.1, -0.05) is 6.92 Å². The van der Waals surface area contributed by atoms with E-state index in [-0.39, 0.29) is 58.8 Å². The van der Waals surface area contributed by atoms with Crippen LogP contribution in [-0.2, 0) is 9.53 Å². The molecule has 4 rings (SSSR count). The van der Waals surface area contributed by atoms with Crippen molar-refractivity contribution < 1.29 is 28.2 Å². The van der Waals surface area contributed by atoms with Crippen molar-refractivity contribution in [3.05, 3.63) is 23.5 Å².